The van der Waals surface area contributed by atoms with E-state index in [4.69, 9.17) is 9.72 Å². The van der Waals surface area contributed by atoms with Crippen molar-refractivity contribution in [2.24, 2.45) is 0 Å². The number of hydrogen-bond acceptors (Lipinski definition) is 4. The molecule has 1 fully saturated rings. The molecule has 2 amide bonds. The van der Waals surface area contributed by atoms with Crippen LogP contribution in [0.25, 0.3) is 16.9 Å². The van der Waals surface area contributed by atoms with Gasteiger partial charge >= 0.3 is 6.09 Å². The molecule has 32 heavy (non-hydrogen) atoms. The number of carbonyl (C=O) groups excluding carboxylic acids is 2. The maximum Gasteiger partial charge on any atom is 0.409 e. The largest absolute Gasteiger partial charge is 0.450 e. The molecular formula is C24H27FN4O3. The van der Waals surface area contributed by atoms with Crippen molar-refractivity contribution < 1.29 is 18.7 Å². The fourth-order valence-electron chi connectivity index (χ4n) is 4.00. The molecule has 0 unspecified atom stereocenters. The Morgan fingerprint density at radius 3 is 2.47 bits per heavy atom. The standard InChI is InChI=1S/C24H27FN4O3/c1-4-32-24(31)28-11-9-27(10-12-28)22(30)14-20-23(18-6-7-19(25)17(3)13-18)26-21-8-5-16(2)15-29(20)21/h5-8,13,15H,4,9-12,14H2,1-3H3. The summed E-state index contributed by atoms with van der Waals surface area (Å²) < 4.78 is 20.8. The van der Waals surface area contributed by atoms with Crippen LogP contribution in [0.5, 0.6) is 0 Å². The summed E-state index contributed by atoms with van der Waals surface area (Å²) in [5.74, 6) is -0.303. The number of nitrogens with zero attached hydrogens (tertiary/aromatic N) is 4. The topological polar surface area (TPSA) is 67.2 Å². The summed E-state index contributed by atoms with van der Waals surface area (Å²) in [4.78, 5) is 33.3. The number of halogens is 1. The summed E-state index contributed by atoms with van der Waals surface area (Å²) >= 11 is 0. The molecule has 0 N–H and O–H groups in total. The van der Waals surface area contributed by atoms with E-state index in [1.165, 1.54) is 6.07 Å². The Bertz CT molecular complexity index is 1170. The summed E-state index contributed by atoms with van der Waals surface area (Å²) in [5, 5.41) is 0. The van der Waals surface area contributed by atoms with Crippen LogP contribution < -0.4 is 0 Å². The number of piperazine rings is 1. The number of imidazole rings is 1. The zero-order valence-corrected chi connectivity index (χ0v) is 18.6. The molecule has 0 bridgehead atoms. The zero-order chi connectivity index (χ0) is 22.8. The number of hydrogen-bond donors (Lipinski definition) is 0. The van der Waals surface area contributed by atoms with Crippen molar-refractivity contribution >= 4 is 17.6 Å². The lowest BCUT2D eigenvalue weighted by Crippen LogP contribution is -2.51. The predicted molar refractivity (Wildman–Crippen MR) is 119 cm³/mol. The number of pyridine rings is 1. The molecule has 168 valence electrons. The van der Waals surface area contributed by atoms with Crippen molar-refractivity contribution in [3.05, 3.63) is 59.2 Å². The first-order valence-corrected chi connectivity index (χ1v) is 10.8. The monoisotopic (exact) mass is 438 g/mol. The predicted octanol–water partition coefficient (Wildman–Crippen LogP) is 3.60. The van der Waals surface area contributed by atoms with Gasteiger partial charge in [-0.05, 0) is 56.2 Å². The van der Waals surface area contributed by atoms with Gasteiger partial charge < -0.3 is 18.9 Å². The molecule has 2 aromatic heterocycles. The number of ether oxygens (including phenoxy) is 1. The number of benzene rings is 1. The highest BCUT2D eigenvalue weighted by Gasteiger charge is 2.26. The van der Waals surface area contributed by atoms with E-state index in [-0.39, 0.29) is 24.2 Å². The van der Waals surface area contributed by atoms with Gasteiger partial charge in [-0.25, -0.2) is 14.2 Å². The van der Waals surface area contributed by atoms with Gasteiger partial charge in [0.15, 0.2) is 0 Å². The average Bonchev–Trinajstić information content (AvgIpc) is 3.13. The molecule has 0 spiro atoms. The first-order valence-electron chi connectivity index (χ1n) is 10.8. The highest BCUT2D eigenvalue weighted by molar-refractivity contribution is 5.82. The van der Waals surface area contributed by atoms with Crippen LogP contribution in [-0.4, -0.2) is 64.0 Å². The summed E-state index contributed by atoms with van der Waals surface area (Å²) in [5.41, 5.74) is 4.55. The van der Waals surface area contributed by atoms with Gasteiger partial charge in [0, 0.05) is 37.9 Å². The molecule has 0 radical (unpaired) electrons. The first-order chi connectivity index (χ1) is 15.4. The molecule has 7 nitrogen and oxygen atoms in total. The Morgan fingerprint density at radius 2 is 1.78 bits per heavy atom. The van der Waals surface area contributed by atoms with Gasteiger partial charge in [0.1, 0.15) is 11.5 Å². The molecule has 3 aromatic rings. The van der Waals surface area contributed by atoms with Gasteiger partial charge in [-0.3, -0.25) is 4.79 Å². The van der Waals surface area contributed by atoms with E-state index >= 15 is 0 Å². The molecule has 8 heteroatoms. The minimum atomic E-state index is -0.342. The second-order valence-electron chi connectivity index (χ2n) is 8.05. The maximum atomic E-state index is 13.8. The average molecular weight is 439 g/mol. The molecular weight excluding hydrogens is 411 g/mol. The van der Waals surface area contributed by atoms with E-state index in [2.05, 4.69) is 0 Å². The Labute approximate surface area is 186 Å². The highest BCUT2D eigenvalue weighted by atomic mass is 19.1. The third-order valence-electron chi connectivity index (χ3n) is 5.77. The lowest BCUT2D eigenvalue weighted by molar-refractivity contribution is -0.132. The van der Waals surface area contributed by atoms with E-state index in [0.717, 1.165) is 22.5 Å². The van der Waals surface area contributed by atoms with Crippen LogP contribution in [0, 0.1) is 19.7 Å². The molecule has 0 atom stereocenters. The molecule has 1 saturated heterocycles. The van der Waals surface area contributed by atoms with Crippen LogP contribution in [0.2, 0.25) is 0 Å². The van der Waals surface area contributed by atoms with Crippen molar-refractivity contribution in [1.82, 2.24) is 19.2 Å². The fraction of sp³-hybridized carbons (Fsp3) is 0.375. The number of carbonyl (C=O) groups is 2. The zero-order valence-electron chi connectivity index (χ0n) is 18.6. The van der Waals surface area contributed by atoms with Crippen LogP contribution in [0.15, 0.2) is 36.5 Å². The lowest BCUT2D eigenvalue weighted by atomic mass is 10.1. The Kier molecular flexibility index (Phi) is 6.12. The molecule has 3 heterocycles. The van der Waals surface area contributed by atoms with Crippen LogP contribution in [0.3, 0.4) is 0 Å². The van der Waals surface area contributed by atoms with E-state index in [1.807, 2.05) is 29.7 Å². The van der Waals surface area contributed by atoms with Gasteiger partial charge in [0.2, 0.25) is 5.91 Å². The van der Waals surface area contributed by atoms with Crippen LogP contribution in [-0.2, 0) is 16.0 Å². The Morgan fingerprint density at radius 1 is 1.06 bits per heavy atom. The summed E-state index contributed by atoms with van der Waals surface area (Å²) in [7, 11) is 0. The molecule has 1 aliphatic heterocycles. The SMILES string of the molecule is CCOC(=O)N1CCN(C(=O)Cc2c(-c3ccc(F)c(C)c3)nc3ccc(C)cn23)CC1. The number of rotatable bonds is 4. The number of amides is 2. The smallest absolute Gasteiger partial charge is 0.409 e. The quantitative estimate of drug-likeness (QED) is 0.624. The lowest BCUT2D eigenvalue weighted by Gasteiger charge is -2.34. The van der Waals surface area contributed by atoms with Crippen molar-refractivity contribution in [3.8, 4) is 11.3 Å². The first kappa shape index (κ1) is 21.8. The van der Waals surface area contributed by atoms with Crippen molar-refractivity contribution in [2.45, 2.75) is 27.2 Å². The van der Waals surface area contributed by atoms with Gasteiger partial charge in [-0.15, -0.1) is 0 Å². The van der Waals surface area contributed by atoms with E-state index in [1.54, 1.807) is 35.8 Å². The van der Waals surface area contributed by atoms with E-state index < -0.39 is 0 Å². The summed E-state index contributed by atoms with van der Waals surface area (Å²) in [6.07, 6.45) is 1.78. The molecule has 0 saturated carbocycles. The molecule has 0 aliphatic carbocycles. The van der Waals surface area contributed by atoms with Gasteiger partial charge in [-0.1, -0.05) is 6.07 Å². The second-order valence-corrected chi connectivity index (χ2v) is 8.05. The van der Waals surface area contributed by atoms with E-state index in [0.29, 0.717) is 44.0 Å². The highest BCUT2D eigenvalue weighted by Crippen LogP contribution is 2.27. The number of aryl methyl sites for hydroxylation is 2. The minimum Gasteiger partial charge on any atom is -0.450 e. The maximum absolute atomic E-state index is 13.8. The van der Waals surface area contributed by atoms with Crippen molar-refractivity contribution in [3.63, 3.8) is 0 Å². The fourth-order valence-corrected chi connectivity index (χ4v) is 4.00. The Hall–Kier alpha value is -3.42. The van der Waals surface area contributed by atoms with E-state index in [9.17, 15) is 14.0 Å². The van der Waals surface area contributed by atoms with Gasteiger partial charge in [0.05, 0.1) is 24.4 Å². The number of aromatic nitrogens is 2. The third kappa shape index (κ3) is 4.30. The van der Waals surface area contributed by atoms with Gasteiger partial charge in [-0.2, -0.15) is 0 Å². The normalized spacial score (nSPS) is 14.1. The van der Waals surface area contributed by atoms with Crippen LogP contribution in [0.4, 0.5) is 9.18 Å². The van der Waals surface area contributed by atoms with Crippen molar-refractivity contribution in [2.75, 3.05) is 32.8 Å². The molecule has 4 rings (SSSR count). The molecule has 1 aromatic carbocycles. The molecule has 1 aliphatic rings. The number of fused-ring (bicyclic) bond motifs is 1. The van der Waals surface area contributed by atoms with Crippen LogP contribution in [0.1, 0.15) is 23.7 Å². The third-order valence-corrected chi connectivity index (χ3v) is 5.77. The van der Waals surface area contributed by atoms with Crippen molar-refractivity contribution in [1.29, 1.82) is 0 Å². The second kappa shape index (κ2) is 8.98. The Balaban J connectivity index is 1.61. The summed E-state index contributed by atoms with van der Waals surface area (Å²) in [6, 6.07) is 8.78. The summed E-state index contributed by atoms with van der Waals surface area (Å²) in [6.45, 7) is 7.61. The van der Waals surface area contributed by atoms with Gasteiger partial charge in [0.25, 0.3) is 0 Å². The minimum absolute atomic E-state index is 0.0306. The van der Waals surface area contributed by atoms with Crippen LogP contribution >= 0.6 is 0 Å².